The summed E-state index contributed by atoms with van der Waals surface area (Å²) in [7, 11) is 0. The van der Waals surface area contributed by atoms with Gasteiger partial charge in [-0.25, -0.2) is 4.79 Å². The second kappa shape index (κ2) is 6.84. The van der Waals surface area contributed by atoms with Crippen LogP contribution in [0.1, 0.15) is 21.7 Å². The minimum atomic E-state index is -0.939. The molecule has 2 aromatic carbocycles. The van der Waals surface area contributed by atoms with Crippen LogP contribution in [0.3, 0.4) is 0 Å². The van der Waals surface area contributed by atoms with Gasteiger partial charge in [-0.2, -0.15) is 0 Å². The number of carboxylic acids is 1. The molecule has 1 N–H and O–H groups in total. The molecule has 3 aromatic rings. The molecular formula is C19H14BrNO3. The number of halogens is 1. The zero-order valence-corrected chi connectivity index (χ0v) is 14.4. The second-order valence-corrected chi connectivity index (χ2v) is 6.19. The van der Waals surface area contributed by atoms with Crippen LogP contribution >= 0.6 is 15.9 Å². The van der Waals surface area contributed by atoms with Gasteiger partial charge in [-0.1, -0.05) is 22.0 Å². The molecular weight excluding hydrogens is 370 g/mol. The summed E-state index contributed by atoms with van der Waals surface area (Å²) >= 11 is 3.38. The summed E-state index contributed by atoms with van der Waals surface area (Å²) in [6, 6.07) is 16.3. The van der Waals surface area contributed by atoms with Crippen molar-refractivity contribution in [1.29, 1.82) is 0 Å². The Bertz CT molecular complexity index is 911. The number of carbonyl (C=O) groups is 1. The number of nitrogens with zero attached hydrogens (tertiary/aromatic N) is 1. The van der Waals surface area contributed by atoms with Crippen molar-refractivity contribution in [2.24, 2.45) is 4.99 Å². The normalized spacial score (nSPS) is 11.1. The van der Waals surface area contributed by atoms with Gasteiger partial charge < -0.3 is 9.52 Å². The summed E-state index contributed by atoms with van der Waals surface area (Å²) < 4.78 is 6.79. The molecule has 0 aliphatic rings. The van der Waals surface area contributed by atoms with Crippen LogP contribution in [0.5, 0.6) is 0 Å². The van der Waals surface area contributed by atoms with Crippen LogP contribution in [-0.4, -0.2) is 17.3 Å². The van der Waals surface area contributed by atoms with Crippen molar-refractivity contribution in [2.45, 2.75) is 6.92 Å². The van der Waals surface area contributed by atoms with Crippen LogP contribution in [-0.2, 0) is 0 Å². The highest BCUT2D eigenvalue weighted by Gasteiger charge is 2.10. The van der Waals surface area contributed by atoms with Gasteiger partial charge in [0.15, 0.2) is 0 Å². The van der Waals surface area contributed by atoms with E-state index in [-0.39, 0.29) is 5.56 Å². The maximum Gasteiger partial charge on any atom is 0.335 e. The quantitative estimate of drug-likeness (QED) is 0.607. The van der Waals surface area contributed by atoms with Crippen LogP contribution in [0.4, 0.5) is 5.69 Å². The van der Waals surface area contributed by atoms with Gasteiger partial charge in [-0.15, -0.1) is 0 Å². The fraction of sp³-hybridized carbons (Fsp3) is 0.0526. The first kappa shape index (κ1) is 16.2. The van der Waals surface area contributed by atoms with Crippen molar-refractivity contribution < 1.29 is 14.3 Å². The molecule has 0 amide bonds. The summed E-state index contributed by atoms with van der Waals surface area (Å²) in [6.07, 6.45) is 1.66. The minimum Gasteiger partial charge on any atom is -0.478 e. The highest BCUT2D eigenvalue weighted by atomic mass is 79.9. The lowest BCUT2D eigenvalue weighted by Gasteiger charge is -2.03. The zero-order valence-electron chi connectivity index (χ0n) is 12.9. The Morgan fingerprint density at radius 1 is 1.12 bits per heavy atom. The van der Waals surface area contributed by atoms with E-state index in [1.165, 1.54) is 0 Å². The molecule has 3 rings (SSSR count). The average Bonchev–Trinajstić information content (AvgIpc) is 3.03. The molecule has 0 bridgehead atoms. The first-order chi connectivity index (χ1) is 11.5. The predicted octanol–water partition coefficient (Wildman–Crippen LogP) is 5.47. The van der Waals surface area contributed by atoms with E-state index in [1.54, 1.807) is 24.4 Å². The van der Waals surface area contributed by atoms with Crippen molar-refractivity contribution >= 4 is 33.8 Å². The third kappa shape index (κ3) is 3.63. The number of hydrogen-bond donors (Lipinski definition) is 1. The Kier molecular flexibility index (Phi) is 4.62. The molecule has 5 heteroatoms. The highest BCUT2D eigenvalue weighted by molar-refractivity contribution is 9.10. The van der Waals surface area contributed by atoms with E-state index in [9.17, 15) is 4.79 Å². The van der Waals surface area contributed by atoms with Gasteiger partial charge in [0.2, 0.25) is 0 Å². The molecule has 0 aliphatic heterocycles. The fourth-order valence-electron chi connectivity index (χ4n) is 2.31. The molecule has 0 spiro atoms. The summed E-state index contributed by atoms with van der Waals surface area (Å²) in [5, 5.41) is 9.03. The van der Waals surface area contributed by atoms with Gasteiger partial charge in [0, 0.05) is 10.0 Å². The number of hydrogen-bond acceptors (Lipinski definition) is 3. The molecule has 0 saturated heterocycles. The molecule has 0 saturated carbocycles. The summed E-state index contributed by atoms with van der Waals surface area (Å²) in [6.45, 7) is 1.86. The van der Waals surface area contributed by atoms with Crippen molar-refractivity contribution in [1.82, 2.24) is 0 Å². The zero-order chi connectivity index (χ0) is 17.1. The van der Waals surface area contributed by atoms with Crippen molar-refractivity contribution in [3.8, 4) is 11.3 Å². The summed E-state index contributed by atoms with van der Waals surface area (Å²) in [4.78, 5) is 15.4. The van der Waals surface area contributed by atoms with E-state index in [4.69, 9.17) is 9.52 Å². The molecule has 0 atom stereocenters. The summed E-state index contributed by atoms with van der Waals surface area (Å²) in [5.41, 5.74) is 2.81. The van der Waals surface area contributed by atoms with Gasteiger partial charge in [-0.05, 0) is 61.0 Å². The number of carboxylic acid groups (broad SMARTS) is 1. The number of furan rings is 1. The maximum absolute atomic E-state index is 11.0. The third-order valence-corrected chi connectivity index (χ3v) is 4.06. The number of aliphatic imine (C=N–C) groups is 1. The van der Waals surface area contributed by atoms with Gasteiger partial charge in [0.25, 0.3) is 0 Å². The predicted molar refractivity (Wildman–Crippen MR) is 97.2 cm³/mol. The van der Waals surface area contributed by atoms with E-state index in [0.717, 1.165) is 21.3 Å². The lowest BCUT2D eigenvalue weighted by atomic mass is 10.0. The molecule has 120 valence electrons. The third-order valence-electron chi connectivity index (χ3n) is 3.53. The number of rotatable bonds is 4. The first-order valence-electron chi connectivity index (χ1n) is 7.27. The molecule has 0 fully saturated rings. The van der Waals surface area contributed by atoms with Gasteiger partial charge >= 0.3 is 5.97 Å². The van der Waals surface area contributed by atoms with Gasteiger partial charge in [0.1, 0.15) is 11.5 Å². The lowest BCUT2D eigenvalue weighted by molar-refractivity contribution is 0.0697. The maximum atomic E-state index is 11.0. The van der Waals surface area contributed by atoms with E-state index in [1.807, 2.05) is 43.3 Å². The average molecular weight is 384 g/mol. The van der Waals surface area contributed by atoms with E-state index < -0.39 is 5.97 Å². The molecule has 0 unspecified atom stereocenters. The molecule has 1 aromatic heterocycles. The van der Waals surface area contributed by atoms with Crippen LogP contribution < -0.4 is 0 Å². The second-order valence-electron chi connectivity index (χ2n) is 5.27. The first-order valence-corrected chi connectivity index (χ1v) is 8.06. The SMILES string of the molecule is Cc1cc(C(=O)O)ccc1-c1ccc(C=Nc2ccc(Br)cc2)o1. The fourth-order valence-corrected chi connectivity index (χ4v) is 2.57. The van der Waals surface area contributed by atoms with Crippen molar-refractivity contribution in [2.75, 3.05) is 0 Å². The number of aromatic carboxylic acids is 1. The van der Waals surface area contributed by atoms with Crippen LogP contribution in [0.25, 0.3) is 11.3 Å². The molecule has 24 heavy (non-hydrogen) atoms. The van der Waals surface area contributed by atoms with Crippen LogP contribution in [0.15, 0.2) is 68.5 Å². The molecule has 0 radical (unpaired) electrons. The Hall–Kier alpha value is -2.66. The lowest BCUT2D eigenvalue weighted by Crippen LogP contribution is -1.96. The van der Waals surface area contributed by atoms with Crippen molar-refractivity contribution in [3.05, 3.63) is 76.0 Å². The Morgan fingerprint density at radius 2 is 1.88 bits per heavy atom. The number of aryl methyl sites for hydroxylation is 1. The Morgan fingerprint density at radius 3 is 2.54 bits per heavy atom. The van der Waals surface area contributed by atoms with Crippen LogP contribution in [0.2, 0.25) is 0 Å². The number of benzene rings is 2. The van der Waals surface area contributed by atoms with Gasteiger partial charge in [-0.3, -0.25) is 4.99 Å². The van der Waals surface area contributed by atoms with E-state index in [2.05, 4.69) is 20.9 Å². The van der Waals surface area contributed by atoms with Crippen molar-refractivity contribution in [3.63, 3.8) is 0 Å². The highest BCUT2D eigenvalue weighted by Crippen LogP contribution is 2.26. The molecule has 0 aliphatic carbocycles. The largest absolute Gasteiger partial charge is 0.478 e. The standard InChI is InChI=1S/C19H14BrNO3/c1-12-10-13(19(22)23)2-8-17(12)18-9-7-16(24-18)11-21-15-5-3-14(20)4-6-15/h2-11H,1H3,(H,22,23). The Labute approximate surface area is 147 Å². The minimum absolute atomic E-state index is 0.264. The smallest absolute Gasteiger partial charge is 0.335 e. The molecule has 4 nitrogen and oxygen atoms in total. The molecule has 1 heterocycles. The Balaban J connectivity index is 1.83. The van der Waals surface area contributed by atoms with Crippen LogP contribution in [0, 0.1) is 6.92 Å². The topological polar surface area (TPSA) is 62.8 Å². The van der Waals surface area contributed by atoms with E-state index >= 15 is 0 Å². The monoisotopic (exact) mass is 383 g/mol. The van der Waals surface area contributed by atoms with Gasteiger partial charge in [0.05, 0.1) is 17.5 Å². The summed E-state index contributed by atoms with van der Waals surface area (Å²) in [5.74, 6) is 0.378. The van der Waals surface area contributed by atoms with E-state index in [0.29, 0.717) is 11.5 Å².